The third kappa shape index (κ3) is 6.68. The molecule has 0 fully saturated rings. The molecule has 20 heavy (non-hydrogen) atoms. The lowest BCUT2D eigenvalue weighted by Crippen LogP contribution is -2.46. The molecular weight excluding hydrogens is 256 g/mol. The fraction of sp³-hybridized carbons (Fsp3) is 0.714. The fourth-order valence-electron chi connectivity index (χ4n) is 1.58. The summed E-state index contributed by atoms with van der Waals surface area (Å²) in [6.07, 6.45) is 1.71. The van der Waals surface area contributed by atoms with Gasteiger partial charge in [-0.05, 0) is 26.2 Å². The molecule has 0 heterocycles. The Labute approximate surface area is 121 Å². The van der Waals surface area contributed by atoms with Crippen LogP contribution in [-0.2, 0) is 0 Å². The molecule has 6 heteroatoms. The Bertz CT molecular complexity index is 364. The average molecular weight is 284 g/mol. The topological polar surface area (TPSA) is 89.2 Å². The molecule has 0 aromatic rings. The lowest BCUT2D eigenvalue weighted by atomic mass is 9.92. The molecule has 0 aromatic heterocycles. The zero-order chi connectivity index (χ0) is 15.8. The second-order valence-corrected chi connectivity index (χ2v) is 5.84. The van der Waals surface area contributed by atoms with Crippen LogP contribution in [0.3, 0.4) is 0 Å². The summed E-state index contributed by atoms with van der Waals surface area (Å²) in [5.41, 5.74) is 1.22. The van der Waals surface area contributed by atoms with Gasteiger partial charge in [0.2, 0.25) is 0 Å². The summed E-state index contributed by atoms with van der Waals surface area (Å²) in [6, 6.07) is -0.118. The van der Waals surface area contributed by atoms with E-state index in [1.165, 1.54) is 0 Å². The molecule has 0 unspecified atom stereocenters. The van der Waals surface area contributed by atoms with E-state index in [4.69, 9.17) is 10.4 Å². The minimum absolute atomic E-state index is 0.0129. The fourth-order valence-corrected chi connectivity index (χ4v) is 1.58. The van der Waals surface area contributed by atoms with Gasteiger partial charge in [-0.25, -0.2) is 0 Å². The molecule has 116 valence electrons. The van der Waals surface area contributed by atoms with Crippen molar-refractivity contribution >= 4 is 11.4 Å². The average Bonchev–Trinajstić information content (AvgIpc) is 2.43. The van der Waals surface area contributed by atoms with Gasteiger partial charge in [0.25, 0.3) is 0 Å². The minimum atomic E-state index is -0.141. The highest BCUT2D eigenvalue weighted by molar-refractivity contribution is 5.88. The van der Waals surface area contributed by atoms with Gasteiger partial charge >= 0.3 is 0 Å². The molecule has 0 saturated carbocycles. The van der Waals surface area contributed by atoms with Crippen molar-refractivity contribution in [3.05, 3.63) is 12.7 Å². The molecule has 0 aliphatic carbocycles. The first-order chi connectivity index (χ1) is 9.27. The van der Waals surface area contributed by atoms with E-state index in [1.54, 1.807) is 19.9 Å². The van der Waals surface area contributed by atoms with Crippen LogP contribution in [0.4, 0.5) is 0 Å². The molecule has 0 aliphatic rings. The van der Waals surface area contributed by atoms with Crippen molar-refractivity contribution in [1.29, 1.82) is 0 Å². The molecule has 0 radical (unpaired) electrons. The van der Waals surface area contributed by atoms with Crippen LogP contribution in [-0.4, -0.2) is 47.0 Å². The van der Waals surface area contributed by atoms with Crippen LogP contribution >= 0.6 is 0 Å². The zero-order valence-corrected chi connectivity index (χ0v) is 13.1. The van der Waals surface area contributed by atoms with Gasteiger partial charge < -0.3 is 21.0 Å². The van der Waals surface area contributed by atoms with Gasteiger partial charge in [0.05, 0.1) is 17.5 Å². The summed E-state index contributed by atoms with van der Waals surface area (Å²) in [5.74, 6) is 0. The summed E-state index contributed by atoms with van der Waals surface area (Å²) in [5, 5.41) is 30.5. The molecule has 0 amide bonds. The number of oxime groups is 2. The Morgan fingerprint density at radius 2 is 1.65 bits per heavy atom. The van der Waals surface area contributed by atoms with Crippen molar-refractivity contribution in [2.75, 3.05) is 13.1 Å². The summed E-state index contributed by atoms with van der Waals surface area (Å²) >= 11 is 0. The van der Waals surface area contributed by atoms with Crippen molar-refractivity contribution < 1.29 is 10.4 Å². The number of nitrogens with zero attached hydrogens (tertiary/aromatic N) is 2. The van der Waals surface area contributed by atoms with Gasteiger partial charge in [-0.2, -0.15) is 0 Å². The van der Waals surface area contributed by atoms with Crippen LogP contribution in [0, 0.1) is 5.41 Å². The van der Waals surface area contributed by atoms with Gasteiger partial charge in [-0.15, -0.1) is 6.58 Å². The monoisotopic (exact) mass is 284 g/mol. The van der Waals surface area contributed by atoms with Crippen LogP contribution in [0.1, 0.15) is 34.6 Å². The molecule has 0 aliphatic heterocycles. The quantitative estimate of drug-likeness (QED) is 0.225. The van der Waals surface area contributed by atoms with Crippen LogP contribution in [0.15, 0.2) is 23.0 Å². The second-order valence-electron chi connectivity index (χ2n) is 5.84. The Balaban J connectivity index is 4.35. The van der Waals surface area contributed by atoms with E-state index in [0.29, 0.717) is 11.4 Å². The first-order valence-corrected chi connectivity index (χ1v) is 6.74. The van der Waals surface area contributed by atoms with Crippen LogP contribution in [0.25, 0.3) is 0 Å². The van der Waals surface area contributed by atoms with Crippen LogP contribution in [0.2, 0.25) is 0 Å². The van der Waals surface area contributed by atoms with Crippen LogP contribution in [0.5, 0.6) is 0 Å². The SMILES string of the molecule is C=C[C@H](NCC(C)(C)CN[C@@H](C)/C(C)=N/O)/C(C)=N/O. The van der Waals surface area contributed by atoms with E-state index in [0.717, 1.165) is 13.1 Å². The van der Waals surface area contributed by atoms with E-state index < -0.39 is 0 Å². The van der Waals surface area contributed by atoms with E-state index in [1.807, 2.05) is 6.92 Å². The highest BCUT2D eigenvalue weighted by Gasteiger charge is 2.21. The lowest BCUT2D eigenvalue weighted by Gasteiger charge is -2.29. The van der Waals surface area contributed by atoms with E-state index in [-0.39, 0.29) is 17.5 Å². The zero-order valence-electron chi connectivity index (χ0n) is 13.1. The molecule has 0 spiro atoms. The number of nitrogens with one attached hydrogen (secondary N) is 2. The first-order valence-electron chi connectivity index (χ1n) is 6.74. The summed E-state index contributed by atoms with van der Waals surface area (Å²) < 4.78 is 0. The highest BCUT2D eigenvalue weighted by atomic mass is 16.4. The van der Waals surface area contributed by atoms with Crippen molar-refractivity contribution in [3.8, 4) is 0 Å². The summed E-state index contributed by atoms with van der Waals surface area (Å²) in [6.45, 7) is 14.9. The van der Waals surface area contributed by atoms with Crippen LogP contribution < -0.4 is 10.6 Å². The maximum absolute atomic E-state index is 8.78. The first kappa shape index (κ1) is 18.6. The van der Waals surface area contributed by atoms with E-state index >= 15 is 0 Å². The molecule has 4 N–H and O–H groups in total. The third-order valence-electron chi connectivity index (χ3n) is 3.32. The standard InChI is InChI=1S/C14H28N4O2/c1-7-13(12(4)18-20)16-9-14(5,6)8-15-10(2)11(3)17-19/h7,10,13,15-16,19-20H,1,8-9H2,2-6H3/b17-11+,18-12+/t10-,13-/m0/s1. The molecule has 0 saturated heterocycles. The Morgan fingerprint density at radius 1 is 1.15 bits per heavy atom. The number of rotatable bonds is 9. The van der Waals surface area contributed by atoms with Crippen molar-refractivity contribution in [2.24, 2.45) is 15.7 Å². The van der Waals surface area contributed by atoms with E-state index in [2.05, 4.69) is 41.4 Å². The van der Waals surface area contributed by atoms with Gasteiger partial charge in [-0.3, -0.25) is 0 Å². The Morgan fingerprint density at radius 3 is 2.10 bits per heavy atom. The van der Waals surface area contributed by atoms with Gasteiger partial charge in [-0.1, -0.05) is 30.2 Å². The Kier molecular flexibility index (Phi) is 8.10. The number of hydrogen-bond donors (Lipinski definition) is 4. The van der Waals surface area contributed by atoms with Gasteiger partial charge in [0.1, 0.15) is 0 Å². The lowest BCUT2D eigenvalue weighted by molar-refractivity contribution is 0.301. The smallest absolute Gasteiger partial charge is 0.0748 e. The molecule has 2 atom stereocenters. The summed E-state index contributed by atoms with van der Waals surface area (Å²) in [4.78, 5) is 0. The molecule has 0 bridgehead atoms. The molecule has 0 aromatic carbocycles. The second kappa shape index (κ2) is 8.71. The van der Waals surface area contributed by atoms with Crippen molar-refractivity contribution in [1.82, 2.24) is 10.6 Å². The molecule has 6 nitrogen and oxygen atoms in total. The molecule has 0 rings (SSSR count). The molecular formula is C14H28N4O2. The normalized spacial score (nSPS) is 16.9. The minimum Gasteiger partial charge on any atom is -0.411 e. The van der Waals surface area contributed by atoms with Crippen molar-refractivity contribution in [3.63, 3.8) is 0 Å². The van der Waals surface area contributed by atoms with E-state index in [9.17, 15) is 0 Å². The van der Waals surface area contributed by atoms with Crippen molar-refractivity contribution in [2.45, 2.75) is 46.7 Å². The summed E-state index contributed by atoms with van der Waals surface area (Å²) in [7, 11) is 0. The van der Waals surface area contributed by atoms with Gasteiger partial charge in [0.15, 0.2) is 0 Å². The highest BCUT2D eigenvalue weighted by Crippen LogP contribution is 2.13. The Hall–Kier alpha value is -1.40. The maximum Gasteiger partial charge on any atom is 0.0748 e. The van der Waals surface area contributed by atoms with Gasteiger partial charge in [0, 0.05) is 19.1 Å². The maximum atomic E-state index is 8.78. The predicted molar refractivity (Wildman–Crippen MR) is 83.0 cm³/mol. The predicted octanol–water partition coefficient (Wildman–Crippen LogP) is 1.84. The largest absolute Gasteiger partial charge is 0.411 e. The third-order valence-corrected chi connectivity index (χ3v) is 3.32. The number of hydrogen-bond acceptors (Lipinski definition) is 6.